The van der Waals surface area contributed by atoms with E-state index in [1.807, 2.05) is 0 Å². The minimum atomic E-state index is 0.331. The number of carbonyl (C=O) groups is 1. The minimum absolute atomic E-state index is 0.331. The lowest BCUT2D eigenvalue weighted by Crippen LogP contribution is -2.14. The lowest BCUT2D eigenvalue weighted by molar-refractivity contribution is 0.111. The highest BCUT2D eigenvalue weighted by Crippen LogP contribution is 2.21. The van der Waals surface area contributed by atoms with E-state index in [0.717, 1.165) is 5.57 Å². The SMILES string of the molecule is C=C1COc2ncc(C=O)nc2C1. The van der Waals surface area contributed by atoms with E-state index >= 15 is 0 Å². The van der Waals surface area contributed by atoms with E-state index < -0.39 is 0 Å². The second-order valence-electron chi connectivity index (χ2n) is 2.88. The molecule has 1 aliphatic rings. The van der Waals surface area contributed by atoms with Crippen molar-refractivity contribution in [2.24, 2.45) is 0 Å². The lowest BCUT2D eigenvalue weighted by atomic mass is 10.1. The third-order valence-electron chi connectivity index (χ3n) is 1.78. The number of hydrogen-bond donors (Lipinski definition) is 0. The summed E-state index contributed by atoms with van der Waals surface area (Å²) in [7, 11) is 0. The Balaban J connectivity index is 2.43. The van der Waals surface area contributed by atoms with Crippen molar-refractivity contribution in [1.29, 1.82) is 0 Å². The number of aldehydes is 1. The summed E-state index contributed by atoms with van der Waals surface area (Å²) in [6.07, 6.45) is 2.72. The van der Waals surface area contributed by atoms with Gasteiger partial charge in [0.25, 0.3) is 0 Å². The molecule has 0 N–H and O–H groups in total. The van der Waals surface area contributed by atoms with Crippen LogP contribution in [0.1, 0.15) is 16.2 Å². The van der Waals surface area contributed by atoms with Gasteiger partial charge in [0.15, 0.2) is 6.29 Å². The van der Waals surface area contributed by atoms with Gasteiger partial charge in [-0.15, -0.1) is 0 Å². The molecular weight excluding hydrogens is 168 g/mol. The van der Waals surface area contributed by atoms with Crippen LogP contribution in [0.25, 0.3) is 0 Å². The molecule has 0 atom stereocenters. The number of rotatable bonds is 1. The molecule has 1 aliphatic heterocycles. The normalized spacial score (nSPS) is 14.6. The van der Waals surface area contributed by atoms with Gasteiger partial charge in [0, 0.05) is 6.42 Å². The number of aromatic nitrogens is 2. The molecule has 0 amide bonds. The number of nitrogens with zero attached hydrogens (tertiary/aromatic N) is 2. The zero-order chi connectivity index (χ0) is 9.26. The molecule has 0 aliphatic carbocycles. The van der Waals surface area contributed by atoms with E-state index in [-0.39, 0.29) is 0 Å². The Kier molecular flexibility index (Phi) is 1.81. The summed E-state index contributed by atoms with van der Waals surface area (Å²) in [5.74, 6) is 0.512. The average molecular weight is 176 g/mol. The standard InChI is InChI=1S/C9H8N2O2/c1-6-2-8-9(13-5-6)10-3-7(4-12)11-8/h3-4H,1-2,5H2. The number of hydrogen-bond acceptors (Lipinski definition) is 4. The topological polar surface area (TPSA) is 52.1 Å². The van der Waals surface area contributed by atoms with Crippen LogP contribution in [0.3, 0.4) is 0 Å². The van der Waals surface area contributed by atoms with Crippen LogP contribution in [-0.2, 0) is 6.42 Å². The van der Waals surface area contributed by atoms with Gasteiger partial charge in [0.2, 0.25) is 5.88 Å². The highest BCUT2D eigenvalue weighted by atomic mass is 16.5. The third-order valence-corrected chi connectivity index (χ3v) is 1.78. The van der Waals surface area contributed by atoms with E-state index in [0.29, 0.717) is 36.6 Å². The Morgan fingerprint density at radius 3 is 3.23 bits per heavy atom. The Labute approximate surface area is 75.3 Å². The van der Waals surface area contributed by atoms with Crippen molar-refractivity contribution in [2.45, 2.75) is 6.42 Å². The highest BCUT2D eigenvalue weighted by Gasteiger charge is 2.15. The average Bonchev–Trinajstić information content (AvgIpc) is 2.16. The van der Waals surface area contributed by atoms with Crippen LogP contribution in [0, 0.1) is 0 Å². The Morgan fingerprint density at radius 1 is 1.62 bits per heavy atom. The number of ether oxygens (including phenoxy) is 1. The molecule has 1 aromatic heterocycles. The van der Waals surface area contributed by atoms with Crippen LogP contribution in [0.15, 0.2) is 18.3 Å². The van der Waals surface area contributed by atoms with Gasteiger partial charge in [-0.1, -0.05) is 6.58 Å². The highest BCUT2D eigenvalue weighted by molar-refractivity contribution is 5.71. The van der Waals surface area contributed by atoms with Gasteiger partial charge in [0.1, 0.15) is 18.0 Å². The predicted octanol–water partition coefficient (Wildman–Crippen LogP) is 0.780. The molecule has 4 heteroatoms. The van der Waals surface area contributed by atoms with Crippen LogP contribution in [0.5, 0.6) is 5.88 Å². The van der Waals surface area contributed by atoms with Crippen molar-refractivity contribution in [1.82, 2.24) is 9.97 Å². The smallest absolute Gasteiger partial charge is 0.236 e. The first kappa shape index (κ1) is 7.91. The van der Waals surface area contributed by atoms with Crippen LogP contribution in [0.2, 0.25) is 0 Å². The van der Waals surface area contributed by atoms with Crippen molar-refractivity contribution in [2.75, 3.05) is 6.61 Å². The minimum Gasteiger partial charge on any atom is -0.472 e. The van der Waals surface area contributed by atoms with Gasteiger partial charge in [0.05, 0.1) is 6.20 Å². The number of carbonyl (C=O) groups excluding carboxylic acids is 1. The summed E-state index contributed by atoms with van der Waals surface area (Å²) in [4.78, 5) is 18.4. The third kappa shape index (κ3) is 1.42. The molecule has 0 saturated carbocycles. The van der Waals surface area contributed by atoms with Crippen molar-refractivity contribution in [3.8, 4) is 5.88 Å². The van der Waals surface area contributed by atoms with E-state index in [4.69, 9.17) is 4.74 Å². The fourth-order valence-electron chi connectivity index (χ4n) is 1.18. The molecule has 4 nitrogen and oxygen atoms in total. The first-order valence-corrected chi connectivity index (χ1v) is 3.90. The summed E-state index contributed by atoms with van der Waals surface area (Å²) < 4.78 is 5.25. The molecule has 0 aromatic carbocycles. The second kappa shape index (κ2) is 2.97. The summed E-state index contributed by atoms with van der Waals surface area (Å²) in [6, 6.07) is 0. The van der Waals surface area contributed by atoms with Gasteiger partial charge >= 0.3 is 0 Å². The summed E-state index contributed by atoms with van der Waals surface area (Å²) >= 11 is 0. The molecule has 0 saturated heterocycles. The maximum Gasteiger partial charge on any atom is 0.236 e. The molecule has 0 spiro atoms. The van der Waals surface area contributed by atoms with Crippen molar-refractivity contribution in [3.63, 3.8) is 0 Å². The maximum absolute atomic E-state index is 10.4. The molecule has 2 rings (SSSR count). The summed E-state index contributed by atoms with van der Waals surface area (Å²) in [5, 5.41) is 0. The molecule has 1 aromatic rings. The van der Waals surface area contributed by atoms with Gasteiger partial charge in [-0.05, 0) is 5.57 Å². The fraction of sp³-hybridized carbons (Fsp3) is 0.222. The molecular formula is C9H8N2O2. The van der Waals surface area contributed by atoms with E-state index in [1.54, 1.807) is 0 Å². The Hall–Kier alpha value is -1.71. The van der Waals surface area contributed by atoms with Crippen molar-refractivity contribution in [3.05, 3.63) is 29.7 Å². The monoisotopic (exact) mass is 176 g/mol. The van der Waals surface area contributed by atoms with Crippen LogP contribution < -0.4 is 4.74 Å². The first-order valence-electron chi connectivity index (χ1n) is 3.90. The molecule has 0 radical (unpaired) electrons. The predicted molar refractivity (Wildman–Crippen MR) is 45.8 cm³/mol. The van der Waals surface area contributed by atoms with Crippen molar-refractivity contribution < 1.29 is 9.53 Å². The van der Waals surface area contributed by atoms with Crippen molar-refractivity contribution >= 4 is 6.29 Å². The molecule has 13 heavy (non-hydrogen) atoms. The van der Waals surface area contributed by atoms with Crippen LogP contribution in [-0.4, -0.2) is 22.9 Å². The maximum atomic E-state index is 10.4. The molecule has 2 heterocycles. The zero-order valence-electron chi connectivity index (χ0n) is 6.99. The molecule has 66 valence electrons. The Bertz CT molecular complexity index is 374. The van der Waals surface area contributed by atoms with Gasteiger partial charge in [-0.25, -0.2) is 9.97 Å². The lowest BCUT2D eigenvalue weighted by Gasteiger charge is -2.16. The summed E-state index contributed by atoms with van der Waals surface area (Å²) in [5.41, 5.74) is 1.97. The van der Waals surface area contributed by atoms with Gasteiger partial charge < -0.3 is 4.74 Å². The van der Waals surface area contributed by atoms with Crippen LogP contribution >= 0.6 is 0 Å². The quantitative estimate of drug-likeness (QED) is 0.468. The number of fused-ring (bicyclic) bond motifs is 1. The fourth-order valence-corrected chi connectivity index (χ4v) is 1.18. The molecule has 0 unspecified atom stereocenters. The largest absolute Gasteiger partial charge is 0.472 e. The van der Waals surface area contributed by atoms with E-state index in [2.05, 4.69) is 16.5 Å². The molecule has 0 bridgehead atoms. The summed E-state index contributed by atoms with van der Waals surface area (Å²) in [6.45, 7) is 4.28. The zero-order valence-corrected chi connectivity index (χ0v) is 6.99. The van der Waals surface area contributed by atoms with Gasteiger partial charge in [-0.2, -0.15) is 0 Å². The second-order valence-corrected chi connectivity index (χ2v) is 2.88. The Morgan fingerprint density at radius 2 is 2.46 bits per heavy atom. The first-order chi connectivity index (χ1) is 6.29. The molecule has 0 fully saturated rings. The van der Waals surface area contributed by atoms with E-state index in [9.17, 15) is 4.79 Å². The van der Waals surface area contributed by atoms with Crippen LogP contribution in [0.4, 0.5) is 0 Å². The van der Waals surface area contributed by atoms with Gasteiger partial charge in [-0.3, -0.25) is 4.79 Å². The van der Waals surface area contributed by atoms with E-state index in [1.165, 1.54) is 6.20 Å².